The average molecular weight is 756 g/mol. The van der Waals surface area contributed by atoms with Gasteiger partial charge in [0, 0.05) is 39.5 Å². The van der Waals surface area contributed by atoms with Crippen LogP contribution in [0.1, 0.15) is 24.0 Å². The predicted octanol–water partition coefficient (Wildman–Crippen LogP) is 6.84. The molecule has 2 aromatic rings. The number of para-hydroxylation sites is 1. The zero-order chi connectivity index (χ0) is 32.0. The van der Waals surface area contributed by atoms with Crippen molar-refractivity contribution in [3.05, 3.63) is 56.5 Å². The number of methoxy groups -OCH3 is 1. The number of likely N-dealkylation sites (tertiary alicyclic amines) is 1. The van der Waals surface area contributed by atoms with Gasteiger partial charge >= 0.3 is 18.1 Å². The van der Waals surface area contributed by atoms with E-state index >= 15 is 0 Å². The van der Waals surface area contributed by atoms with Crippen molar-refractivity contribution in [2.75, 3.05) is 38.9 Å². The molecule has 0 bridgehead atoms. The van der Waals surface area contributed by atoms with E-state index in [1.165, 1.54) is 12.0 Å². The van der Waals surface area contributed by atoms with Crippen LogP contribution < -0.4 is 10.1 Å². The first-order chi connectivity index (χ1) is 20.9. The van der Waals surface area contributed by atoms with Gasteiger partial charge in [-0.2, -0.15) is 0 Å². The largest absolute Gasteiger partial charge is 0.469 e. The molecule has 1 saturated heterocycles. The van der Waals surface area contributed by atoms with Crippen LogP contribution in [0.4, 0.5) is 15.3 Å². The van der Waals surface area contributed by atoms with Crippen molar-refractivity contribution in [2.24, 2.45) is 5.92 Å². The summed E-state index contributed by atoms with van der Waals surface area (Å²) in [5.41, 5.74) is 2.63. The quantitative estimate of drug-likeness (QED) is 0.112. The summed E-state index contributed by atoms with van der Waals surface area (Å²) in [4.78, 5) is 42.0. The smallest absolute Gasteiger partial charge is 0.407 e. The number of fused-ring (bicyclic) bond motifs is 1. The number of piperidine rings is 1. The van der Waals surface area contributed by atoms with Gasteiger partial charge in [-0.3, -0.25) is 4.79 Å². The van der Waals surface area contributed by atoms with Crippen LogP contribution in [-0.2, 0) is 27.1 Å². The molecule has 2 heterocycles. The Bertz CT molecular complexity index is 1330. The standard InChI is InChI=1S/C31H41Br2N3O7Si/c1-41-29(37)23(15-20-16-24(32)28(25(33)17-20)43-19-42-13-14-44(2,3)4)27-18-22(10-12-36(27)31(39)40)35-11-9-21-7-5-6-8-26(21)34-30(35)38/h5-8,16-17,22-23,27H,9-15,18-19H2,1-4H3,(H,34,38)(H,39,40)/t22?,23?,27-/m1/s1. The lowest BCUT2D eigenvalue weighted by Gasteiger charge is -2.44. The second kappa shape index (κ2) is 15.1. The number of rotatable bonds is 11. The molecular formula is C31H41Br2N3O7Si. The summed E-state index contributed by atoms with van der Waals surface area (Å²) in [5.74, 6) is -0.714. The van der Waals surface area contributed by atoms with E-state index in [1.807, 2.05) is 36.4 Å². The third kappa shape index (κ3) is 8.76. The van der Waals surface area contributed by atoms with Gasteiger partial charge in [-0.25, -0.2) is 9.59 Å². The fourth-order valence-electron chi connectivity index (χ4n) is 5.81. The van der Waals surface area contributed by atoms with Crippen LogP contribution in [-0.4, -0.2) is 86.8 Å². The molecule has 2 aliphatic heterocycles. The van der Waals surface area contributed by atoms with Crippen molar-refractivity contribution in [2.45, 2.75) is 63.5 Å². The highest BCUT2D eigenvalue weighted by atomic mass is 79.9. The Balaban J connectivity index is 1.51. The molecule has 2 aliphatic rings. The molecule has 10 nitrogen and oxygen atoms in total. The Kier molecular flexibility index (Phi) is 11.8. The van der Waals surface area contributed by atoms with Gasteiger partial charge in [0.25, 0.3) is 0 Å². The molecular weight excluding hydrogens is 714 g/mol. The maximum Gasteiger partial charge on any atom is 0.407 e. The highest BCUT2D eigenvalue weighted by molar-refractivity contribution is 9.11. The molecule has 2 N–H and O–H groups in total. The summed E-state index contributed by atoms with van der Waals surface area (Å²) in [6.07, 6.45) is 0.599. The van der Waals surface area contributed by atoms with Crippen molar-refractivity contribution in [1.29, 1.82) is 0 Å². The maximum atomic E-state index is 13.3. The molecule has 1 fully saturated rings. The van der Waals surface area contributed by atoms with E-state index in [1.54, 1.807) is 4.90 Å². The summed E-state index contributed by atoms with van der Waals surface area (Å²) >= 11 is 7.17. The molecule has 3 amide bonds. The Morgan fingerprint density at radius 3 is 2.50 bits per heavy atom. The number of urea groups is 1. The molecule has 2 unspecified atom stereocenters. The monoisotopic (exact) mass is 753 g/mol. The van der Waals surface area contributed by atoms with Crippen LogP contribution in [0.3, 0.4) is 0 Å². The van der Waals surface area contributed by atoms with Crippen LogP contribution in [0.15, 0.2) is 45.3 Å². The van der Waals surface area contributed by atoms with E-state index < -0.39 is 32.1 Å². The molecule has 0 aliphatic carbocycles. The molecule has 2 aromatic carbocycles. The lowest BCUT2D eigenvalue weighted by atomic mass is 9.83. The van der Waals surface area contributed by atoms with Gasteiger partial charge in [0.15, 0.2) is 12.5 Å². The van der Waals surface area contributed by atoms with Crippen molar-refractivity contribution in [3.63, 3.8) is 0 Å². The molecule has 13 heteroatoms. The second-order valence-electron chi connectivity index (χ2n) is 12.5. The van der Waals surface area contributed by atoms with E-state index in [9.17, 15) is 19.5 Å². The fourth-order valence-corrected chi connectivity index (χ4v) is 8.07. The van der Waals surface area contributed by atoms with Crippen LogP contribution in [0.2, 0.25) is 25.7 Å². The normalized spacial score (nSPS) is 19.5. The first kappa shape index (κ1) is 34.3. The van der Waals surface area contributed by atoms with E-state index in [2.05, 4.69) is 56.8 Å². The van der Waals surface area contributed by atoms with E-state index in [4.69, 9.17) is 14.2 Å². The number of nitrogens with zero attached hydrogens (tertiary/aromatic N) is 2. The lowest BCUT2D eigenvalue weighted by Crippen LogP contribution is -2.57. The van der Waals surface area contributed by atoms with Gasteiger partial charge in [0.1, 0.15) is 0 Å². The summed E-state index contributed by atoms with van der Waals surface area (Å²) in [7, 11) is 0.107. The fraction of sp³-hybridized carbons (Fsp3) is 0.516. The highest BCUT2D eigenvalue weighted by Gasteiger charge is 2.43. The molecule has 3 atom stereocenters. The van der Waals surface area contributed by atoms with Crippen LogP contribution >= 0.6 is 31.9 Å². The van der Waals surface area contributed by atoms with E-state index in [0.29, 0.717) is 47.1 Å². The number of carbonyl (C=O) groups is 3. The topological polar surface area (TPSA) is 118 Å². The third-order valence-corrected chi connectivity index (χ3v) is 11.1. The number of carbonyl (C=O) groups excluding carboxylic acids is 2. The highest BCUT2D eigenvalue weighted by Crippen LogP contribution is 2.37. The minimum Gasteiger partial charge on any atom is -0.469 e. The molecule has 0 aromatic heterocycles. The number of nitrogens with one attached hydrogen (secondary N) is 1. The third-order valence-electron chi connectivity index (χ3n) is 8.21. The van der Waals surface area contributed by atoms with Crippen molar-refractivity contribution < 1.29 is 33.7 Å². The summed E-state index contributed by atoms with van der Waals surface area (Å²) < 4.78 is 18.1. The number of anilines is 1. The number of esters is 1. The Morgan fingerprint density at radius 2 is 1.84 bits per heavy atom. The number of hydrogen-bond donors (Lipinski definition) is 2. The van der Waals surface area contributed by atoms with E-state index in [-0.39, 0.29) is 31.8 Å². The Morgan fingerprint density at radius 1 is 1.14 bits per heavy atom. The number of carboxylic acid groups (broad SMARTS) is 1. The van der Waals surface area contributed by atoms with Gasteiger partial charge in [-0.05, 0) is 92.9 Å². The Hall–Kier alpha value is -2.61. The van der Waals surface area contributed by atoms with Crippen molar-refractivity contribution >= 4 is 63.7 Å². The Labute approximate surface area is 276 Å². The maximum absolute atomic E-state index is 13.3. The molecule has 0 saturated carbocycles. The average Bonchev–Trinajstić information content (AvgIpc) is 3.13. The van der Waals surface area contributed by atoms with Crippen molar-refractivity contribution in [1.82, 2.24) is 9.80 Å². The predicted molar refractivity (Wildman–Crippen MR) is 178 cm³/mol. The minimum absolute atomic E-state index is 0.109. The molecule has 240 valence electrons. The molecule has 44 heavy (non-hydrogen) atoms. The number of benzene rings is 2. The lowest BCUT2D eigenvalue weighted by molar-refractivity contribution is -0.148. The summed E-state index contributed by atoms with van der Waals surface area (Å²) in [6.45, 7) is 8.32. The molecule has 4 rings (SSSR count). The van der Waals surface area contributed by atoms with Gasteiger partial charge in [-0.1, -0.05) is 37.8 Å². The van der Waals surface area contributed by atoms with Crippen molar-refractivity contribution in [3.8, 4) is 5.75 Å². The summed E-state index contributed by atoms with van der Waals surface area (Å²) in [5, 5.41) is 13.1. The molecule has 0 spiro atoms. The van der Waals surface area contributed by atoms with Crippen LogP contribution in [0.25, 0.3) is 0 Å². The van der Waals surface area contributed by atoms with Gasteiger partial charge < -0.3 is 34.4 Å². The van der Waals surface area contributed by atoms with Gasteiger partial charge in [0.05, 0.1) is 28.0 Å². The zero-order valence-corrected chi connectivity index (χ0v) is 29.8. The van der Waals surface area contributed by atoms with Gasteiger partial charge in [-0.15, -0.1) is 0 Å². The van der Waals surface area contributed by atoms with E-state index in [0.717, 1.165) is 22.9 Å². The SMILES string of the molecule is COC(=O)C(Cc1cc(Br)c(OCOCC[Si](C)(C)C)c(Br)c1)[C@H]1CC(N2CCc3ccccc3NC2=O)CCN1C(=O)O. The summed E-state index contributed by atoms with van der Waals surface area (Å²) in [6, 6.07) is 11.3. The number of amides is 3. The zero-order valence-electron chi connectivity index (χ0n) is 25.6. The number of halogens is 2. The minimum atomic E-state index is -1.20. The number of ether oxygens (including phenoxy) is 3. The van der Waals surface area contributed by atoms with Crippen LogP contribution in [0, 0.1) is 5.92 Å². The molecule has 0 radical (unpaired) electrons. The first-order valence-corrected chi connectivity index (χ1v) is 20.1. The van der Waals surface area contributed by atoms with Gasteiger partial charge in [0.2, 0.25) is 0 Å². The second-order valence-corrected chi connectivity index (χ2v) is 19.8. The van der Waals surface area contributed by atoms with Crippen LogP contribution in [0.5, 0.6) is 5.75 Å². The number of hydrogen-bond acceptors (Lipinski definition) is 6. The first-order valence-electron chi connectivity index (χ1n) is 14.8.